The molecule has 19 heavy (non-hydrogen) atoms. The standard InChI is InChI=1S/C15H20FNO2/c1-3-7-18-8-6-13(17-2)15-10-11-9-12(16)4-5-14(11)19-15/h4-5,9-10,13,17H,3,6-8H2,1-2H3. The first-order valence-corrected chi connectivity index (χ1v) is 6.68. The number of ether oxygens (including phenoxy) is 1. The number of halogens is 1. The van der Waals surface area contributed by atoms with Crippen LogP contribution in [0.4, 0.5) is 4.39 Å². The molecule has 0 bridgehead atoms. The van der Waals surface area contributed by atoms with E-state index >= 15 is 0 Å². The smallest absolute Gasteiger partial charge is 0.134 e. The number of furan rings is 1. The highest BCUT2D eigenvalue weighted by Crippen LogP contribution is 2.26. The SMILES string of the molecule is CCCOCCC(NC)c1cc2cc(F)ccc2o1. The quantitative estimate of drug-likeness (QED) is 0.776. The molecule has 0 aliphatic heterocycles. The highest BCUT2D eigenvalue weighted by Gasteiger charge is 2.14. The second kappa shape index (κ2) is 6.68. The number of hydrogen-bond acceptors (Lipinski definition) is 3. The summed E-state index contributed by atoms with van der Waals surface area (Å²) in [5.74, 6) is 0.579. The average Bonchev–Trinajstić information content (AvgIpc) is 2.81. The average molecular weight is 265 g/mol. The van der Waals surface area contributed by atoms with Crippen molar-refractivity contribution in [2.24, 2.45) is 0 Å². The Balaban J connectivity index is 2.07. The lowest BCUT2D eigenvalue weighted by atomic mass is 10.1. The van der Waals surface area contributed by atoms with Crippen LogP contribution in [0.5, 0.6) is 0 Å². The summed E-state index contributed by atoms with van der Waals surface area (Å²) in [5, 5.41) is 4.00. The van der Waals surface area contributed by atoms with Gasteiger partial charge in [0.2, 0.25) is 0 Å². The van der Waals surface area contributed by atoms with Crippen molar-refractivity contribution in [3.05, 3.63) is 35.8 Å². The number of nitrogens with one attached hydrogen (secondary N) is 1. The molecule has 0 aliphatic carbocycles. The minimum Gasteiger partial charge on any atom is -0.459 e. The van der Waals surface area contributed by atoms with Gasteiger partial charge in [-0.2, -0.15) is 0 Å². The summed E-state index contributed by atoms with van der Waals surface area (Å²) < 4.78 is 24.4. The van der Waals surface area contributed by atoms with E-state index in [-0.39, 0.29) is 11.9 Å². The van der Waals surface area contributed by atoms with Crippen LogP contribution in [0.15, 0.2) is 28.7 Å². The van der Waals surface area contributed by atoms with E-state index in [1.807, 2.05) is 13.1 Å². The Hall–Kier alpha value is -1.39. The van der Waals surface area contributed by atoms with Crippen LogP contribution < -0.4 is 5.32 Å². The van der Waals surface area contributed by atoms with Crippen LogP contribution in [0.1, 0.15) is 31.6 Å². The summed E-state index contributed by atoms with van der Waals surface area (Å²) in [6.07, 6.45) is 1.85. The predicted octanol–water partition coefficient (Wildman–Crippen LogP) is 3.65. The Labute approximate surface area is 112 Å². The number of rotatable bonds is 7. The molecule has 0 saturated carbocycles. The number of hydrogen-bond donors (Lipinski definition) is 1. The van der Waals surface area contributed by atoms with Gasteiger partial charge in [0.1, 0.15) is 17.2 Å². The van der Waals surface area contributed by atoms with Gasteiger partial charge in [0.15, 0.2) is 0 Å². The van der Waals surface area contributed by atoms with Crippen molar-refractivity contribution >= 4 is 11.0 Å². The molecular weight excluding hydrogens is 245 g/mol. The van der Waals surface area contributed by atoms with E-state index in [4.69, 9.17) is 9.15 Å². The number of benzene rings is 1. The Kier molecular flexibility index (Phi) is 4.93. The Morgan fingerprint density at radius 2 is 2.16 bits per heavy atom. The maximum Gasteiger partial charge on any atom is 0.134 e. The molecule has 3 nitrogen and oxygen atoms in total. The maximum atomic E-state index is 13.1. The van der Waals surface area contributed by atoms with E-state index in [0.29, 0.717) is 12.2 Å². The lowest BCUT2D eigenvalue weighted by Gasteiger charge is -2.13. The summed E-state index contributed by atoms with van der Waals surface area (Å²) in [6, 6.07) is 6.54. The van der Waals surface area contributed by atoms with Gasteiger partial charge >= 0.3 is 0 Å². The monoisotopic (exact) mass is 265 g/mol. The van der Waals surface area contributed by atoms with Gasteiger partial charge in [-0.1, -0.05) is 6.92 Å². The maximum absolute atomic E-state index is 13.1. The topological polar surface area (TPSA) is 34.4 Å². The molecule has 1 aromatic carbocycles. The normalized spacial score (nSPS) is 13.0. The third-order valence-corrected chi connectivity index (χ3v) is 3.09. The molecule has 104 valence electrons. The summed E-state index contributed by atoms with van der Waals surface area (Å²) in [6.45, 7) is 3.55. The zero-order valence-corrected chi connectivity index (χ0v) is 11.4. The van der Waals surface area contributed by atoms with Gasteiger partial charge in [0, 0.05) is 18.6 Å². The first-order valence-electron chi connectivity index (χ1n) is 6.68. The third kappa shape index (κ3) is 3.55. The van der Waals surface area contributed by atoms with E-state index in [0.717, 1.165) is 30.6 Å². The first-order chi connectivity index (χ1) is 9.24. The van der Waals surface area contributed by atoms with Crippen molar-refractivity contribution in [3.8, 4) is 0 Å². The molecule has 0 spiro atoms. The highest BCUT2D eigenvalue weighted by atomic mass is 19.1. The molecule has 1 atom stereocenters. The molecule has 2 rings (SSSR count). The van der Waals surface area contributed by atoms with Crippen molar-refractivity contribution in [2.45, 2.75) is 25.8 Å². The van der Waals surface area contributed by atoms with Gasteiger partial charge < -0.3 is 14.5 Å². The van der Waals surface area contributed by atoms with Crippen LogP contribution in [-0.2, 0) is 4.74 Å². The van der Waals surface area contributed by atoms with Crippen molar-refractivity contribution < 1.29 is 13.5 Å². The van der Waals surface area contributed by atoms with Crippen LogP contribution in [0.3, 0.4) is 0 Å². The van der Waals surface area contributed by atoms with Gasteiger partial charge in [-0.15, -0.1) is 0 Å². The summed E-state index contributed by atoms with van der Waals surface area (Å²) in [5.41, 5.74) is 0.714. The fraction of sp³-hybridized carbons (Fsp3) is 0.467. The van der Waals surface area contributed by atoms with Gasteiger partial charge in [-0.3, -0.25) is 0 Å². The van der Waals surface area contributed by atoms with Crippen LogP contribution in [0.25, 0.3) is 11.0 Å². The lowest BCUT2D eigenvalue weighted by molar-refractivity contribution is 0.123. The lowest BCUT2D eigenvalue weighted by Crippen LogP contribution is -2.17. The first kappa shape index (κ1) is 14.0. The molecule has 0 amide bonds. The van der Waals surface area contributed by atoms with Crippen molar-refractivity contribution in [3.63, 3.8) is 0 Å². The van der Waals surface area contributed by atoms with Crippen molar-refractivity contribution in [1.29, 1.82) is 0 Å². The minimum absolute atomic E-state index is 0.0901. The van der Waals surface area contributed by atoms with E-state index in [2.05, 4.69) is 12.2 Å². The molecule has 0 saturated heterocycles. The van der Waals surface area contributed by atoms with Gasteiger partial charge in [0.05, 0.1) is 6.04 Å². The molecular formula is C15H20FNO2. The van der Waals surface area contributed by atoms with Crippen LogP contribution in [-0.4, -0.2) is 20.3 Å². The van der Waals surface area contributed by atoms with Gasteiger partial charge in [0.25, 0.3) is 0 Å². The zero-order chi connectivity index (χ0) is 13.7. The largest absolute Gasteiger partial charge is 0.459 e. The van der Waals surface area contributed by atoms with Crippen LogP contribution >= 0.6 is 0 Å². The Bertz CT molecular complexity index is 524. The molecule has 4 heteroatoms. The van der Waals surface area contributed by atoms with E-state index < -0.39 is 0 Å². The van der Waals surface area contributed by atoms with E-state index in [9.17, 15) is 4.39 Å². The highest BCUT2D eigenvalue weighted by molar-refractivity contribution is 5.78. The van der Waals surface area contributed by atoms with Crippen molar-refractivity contribution in [1.82, 2.24) is 5.32 Å². The van der Waals surface area contributed by atoms with Crippen molar-refractivity contribution in [2.75, 3.05) is 20.3 Å². The fourth-order valence-electron chi connectivity index (χ4n) is 2.08. The second-order valence-electron chi connectivity index (χ2n) is 4.57. The third-order valence-electron chi connectivity index (χ3n) is 3.09. The summed E-state index contributed by atoms with van der Waals surface area (Å²) >= 11 is 0. The van der Waals surface area contributed by atoms with E-state index in [1.54, 1.807) is 6.07 Å². The Morgan fingerprint density at radius 1 is 1.32 bits per heavy atom. The number of fused-ring (bicyclic) bond motifs is 1. The minimum atomic E-state index is -0.243. The molecule has 1 aromatic heterocycles. The second-order valence-corrected chi connectivity index (χ2v) is 4.57. The molecule has 1 heterocycles. The Morgan fingerprint density at radius 3 is 2.89 bits per heavy atom. The summed E-state index contributed by atoms with van der Waals surface area (Å²) in [4.78, 5) is 0. The molecule has 0 aliphatic rings. The predicted molar refractivity (Wildman–Crippen MR) is 73.7 cm³/mol. The molecule has 1 unspecified atom stereocenters. The van der Waals surface area contributed by atoms with Gasteiger partial charge in [-0.25, -0.2) is 4.39 Å². The van der Waals surface area contributed by atoms with E-state index in [1.165, 1.54) is 12.1 Å². The molecule has 0 radical (unpaired) electrons. The molecule has 2 aromatic rings. The zero-order valence-electron chi connectivity index (χ0n) is 11.4. The molecule has 1 N–H and O–H groups in total. The summed E-state index contributed by atoms with van der Waals surface area (Å²) in [7, 11) is 1.89. The van der Waals surface area contributed by atoms with Crippen LogP contribution in [0.2, 0.25) is 0 Å². The van der Waals surface area contributed by atoms with Gasteiger partial charge in [-0.05, 0) is 44.2 Å². The van der Waals surface area contributed by atoms with Crippen LogP contribution in [0, 0.1) is 5.82 Å². The fourth-order valence-corrected chi connectivity index (χ4v) is 2.08. The molecule has 0 fully saturated rings.